The van der Waals surface area contributed by atoms with Crippen LogP contribution in [0.4, 0.5) is 0 Å². The van der Waals surface area contributed by atoms with E-state index in [4.69, 9.17) is 0 Å². The summed E-state index contributed by atoms with van der Waals surface area (Å²) in [6, 6.07) is 18.0. The van der Waals surface area contributed by atoms with Crippen LogP contribution < -0.4 is 0 Å². The molecule has 2 aromatic carbocycles. The topological polar surface area (TPSA) is 0 Å². The molecule has 23 heavy (non-hydrogen) atoms. The lowest BCUT2D eigenvalue weighted by Gasteiger charge is -2.30. The Hall–Kier alpha value is -1.73. The van der Waals surface area contributed by atoms with Crippen LogP contribution in [0.25, 0.3) is 5.57 Å². The highest BCUT2D eigenvalue weighted by Crippen LogP contribution is 2.58. The minimum atomic E-state index is 0.141. The molecule has 0 amide bonds. The molecule has 116 valence electrons. The van der Waals surface area contributed by atoms with Crippen LogP contribution in [0.15, 0.2) is 70.5 Å². The normalized spacial score (nSPS) is 22.4. The Morgan fingerprint density at radius 3 is 2.48 bits per heavy atom. The first-order chi connectivity index (χ1) is 11.1. The number of hydrogen-bond acceptors (Lipinski definition) is 1. The van der Waals surface area contributed by atoms with E-state index in [1.807, 2.05) is 11.8 Å². The number of rotatable bonds is 2. The molecular weight excluding hydrogens is 296 g/mol. The maximum atomic E-state index is 2.40. The van der Waals surface area contributed by atoms with Crippen molar-refractivity contribution in [2.24, 2.45) is 0 Å². The summed E-state index contributed by atoms with van der Waals surface area (Å²) in [5.74, 6) is 0.582. The highest BCUT2D eigenvalue weighted by molar-refractivity contribution is 8.03. The highest BCUT2D eigenvalue weighted by atomic mass is 32.2. The molecule has 2 aliphatic rings. The minimum absolute atomic E-state index is 0.141. The first-order valence-corrected chi connectivity index (χ1v) is 9.20. The van der Waals surface area contributed by atoms with E-state index in [0.29, 0.717) is 5.92 Å². The average molecular weight is 318 g/mol. The van der Waals surface area contributed by atoms with E-state index >= 15 is 0 Å². The first-order valence-electron chi connectivity index (χ1n) is 8.38. The molecule has 0 fully saturated rings. The quantitative estimate of drug-likeness (QED) is 0.605. The van der Waals surface area contributed by atoms with Gasteiger partial charge in [0.25, 0.3) is 0 Å². The zero-order valence-electron chi connectivity index (χ0n) is 14.0. The van der Waals surface area contributed by atoms with Gasteiger partial charge in [-0.15, -0.1) is 0 Å². The predicted octanol–water partition coefficient (Wildman–Crippen LogP) is 6.54. The van der Waals surface area contributed by atoms with Crippen molar-refractivity contribution < 1.29 is 0 Å². The summed E-state index contributed by atoms with van der Waals surface area (Å²) < 4.78 is 0. The van der Waals surface area contributed by atoms with Crippen molar-refractivity contribution in [2.75, 3.05) is 0 Å². The van der Waals surface area contributed by atoms with E-state index in [9.17, 15) is 0 Å². The Bertz CT molecular complexity index is 808. The fourth-order valence-electron chi connectivity index (χ4n) is 3.67. The zero-order chi connectivity index (χ0) is 16.0. The molecule has 0 spiro atoms. The fourth-order valence-corrected chi connectivity index (χ4v) is 5.16. The van der Waals surface area contributed by atoms with Gasteiger partial charge in [-0.2, -0.15) is 0 Å². The van der Waals surface area contributed by atoms with Crippen molar-refractivity contribution in [3.05, 3.63) is 82.3 Å². The molecular formula is C22H22S. The van der Waals surface area contributed by atoms with Gasteiger partial charge in [0.05, 0.1) is 0 Å². The lowest BCUT2D eigenvalue weighted by atomic mass is 9.74. The van der Waals surface area contributed by atoms with Crippen LogP contribution in [0.1, 0.15) is 49.8 Å². The van der Waals surface area contributed by atoms with Crippen molar-refractivity contribution in [3.63, 3.8) is 0 Å². The van der Waals surface area contributed by atoms with Crippen molar-refractivity contribution >= 4 is 17.3 Å². The molecule has 0 aromatic heterocycles. The van der Waals surface area contributed by atoms with Crippen LogP contribution in [0, 0.1) is 0 Å². The fraction of sp³-hybridized carbons (Fsp3) is 0.273. The summed E-state index contributed by atoms with van der Waals surface area (Å²) in [6.07, 6.45) is 5.76. The van der Waals surface area contributed by atoms with Gasteiger partial charge in [0.1, 0.15) is 0 Å². The van der Waals surface area contributed by atoms with Gasteiger partial charge in [0.2, 0.25) is 0 Å². The zero-order valence-corrected chi connectivity index (χ0v) is 14.8. The molecule has 1 unspecified atom stereocenters. The molecule has 0 radical (unpaired) electrons. The van der Waals surface area contributed by atoms with Crippen LogP contribution >= 0.6 is 11.8 Å². The number of thioether (sulfide) groups is 1. The maximum Gasteiger partial charge on any atom is 0.0289 e. The minimum Gasteiger partial charge on any atom is -0.0926 e. The van der Waals surface area contributed by atoms with Gasteiger partial charge in [-0.3, -0.25) is 0 Å². The molecule has 1 heterocycles. The molecule has 0 nitrogen and oxygen atoms in total. The summed E-state index contributed by atoms with van der Waals surface area (Å²) in [6.45, 7) is 6.89. The van der Waals surface area contributed by atoms with Gasteiger partial charge in [0, 0.05) is 15.2 Å². The van der Waals surface area contributed by atoms with Crippen LogP contribution in [0.5, 0.6) is 0 Å². The first kappa shape index (κ1) is 14.8. The number of benzene rings is 2. The third-order valence-electron chi connectivity index (χ3n) is 5.14. The molecule has 0 N–H and O–H groups in total. The second-order valence-electron chi connectivity index (χ2n) is 7.06. The summed E-state index contributed by atoms with van der Waals surface area (Å²) >= 11 is 1.96. The molecule has 1 aliphatic heterocycles. The van der Waals surface area contributed by atoms with Gasteiger partial charge >= 0.3 is 0 Å². The number of fused-ring (bicyclic) bond motifs is 3. The third kappa shape index (κ3) is 2.30. The summed E-state index contributed by atoms with van der Waals surface area (Å²) in [5, 5.41) is 0. The monoisotopic (exact) mass is 318 g/mol. The lowest BCUT2D eigenvalue weighted by Crippen LogP contribution is -2.22. The standard InChI is InChI=1S/C22H22S/c1-15(2)16-10-12-17(13-11-16)18-7-6-14-22(3)19-8-4-5-9-20(19)23-21(18)22/h4-13,15H,14H2,1-3H3. The van der Waals surface area contributed by atoms with Crippen LogP contribution in [-0.2, 0) is 5.41 Å². The van der Waals surface area contributed by atoms with E-state index in [2.05, 4.69) is 81.5 Å². The highest BCUT2D eigenvalue weighted by Gasteiger charge is 2.41. The summed E-state index contributed by atoms with van der Waals surface area (Å²) in [5.41, 5.74) is 5.77. The molecule has 0 saturated heterocycles. The molecule has 0 saturated carbocycles. The Morgan fingerprint density at radius 2 is 1.74 bits per heavy atom. The molecule has 1 atom stereocenters. The van der Waals surface area contributed by atoms with Gasteiger partial charge in [0.15, 0.2) is 0 Å². The summed E-state index contributed by atoms with van der Waals surface area (Å²) in [7, 11) is 0. The maximum absolute atomic E-state index is 2.40. The van der Waals surface area contributed by atoms with Crippen LogP contribution in [-0.4, -0.2) is 0 Å². The van der Waals surface area contributed by atoms with E-state index in [-0.39, 0.29) is 5.41 Å². The van der Waals surface area contributed by atoms with Gasteiger partial charge in [-0.05, 0) is 40.7 Å². The van der Waals surface area contributed by atoms with Crippen molar-refractivity contribution in [1.82, 2.24) is 0 Å². The Balaban J connectivity index is 1.83. The van der Waals surface area contributed by atoms with Gasteiger partial charge in [-0.25, -0.2) is 0 Å². The van der Waals surface area contributed by atoms with Crippen molar-refractivity contribution in [3.8, 4) is 0 Å². The lowest BCUT2D eigenvalue weighted by molar-refractivity contribution is 0.591. The number of allylic oxidation sites excluding steroid dienone is 4. The second kappa shape index (κ2) is 5.42. The van der Waals surface area contributed by atoms with Crippen molar-refractivity contribution in [2.45, 2.75) is 43.4 Å². The summed E-state index contributed by atoms with van der Waals surface area (Å²) in [4.78, 5) is 2.93. The molecule has 1 aliphatic carbocycles. The Labute approximate surface area is 143 Å². The number of hydrogen-bond donors (Lipinski definition) is 0. The van der Waals surface area contributed by atoms with Crippen LogP contribution in [0.2, 0.25) is 0 Å². The smallest absolute Gasteiger partial charge is 0.0289 e. The SMILES string of the molecule is CC(C)c1ccc(C2=C3Sc4ccccc4C3(C)CC=C2)cc1. The van der Waals surface area contributed by atoms with Crippen LogP contribution in [0.3, 0.4) is 0 Å². The second-order valence-corrected chi connectivity index (χ2v) is 8.11. The Kier molecular flexibility index (Phi) is 3.50. The third-order valence-corrected chi connectivity index (χ3v) is 6.59. The van der Waals surface area contributed by atoms with Gasteiger partial charge in [-0.1, -0.05) is 87.1 Å². The van der Waals surface area contributed by atoms with E-state index in [1.165, 1.54) is 32.1 Å². The molecule has 4 rings (SSSR count). The molecule has 1 heteroatoms. The van der Waals surface area contributed by atoms with E-state index in [0.717, 1.165) is 6.42 Å². The molecule has 0 bridgehead atoms. The largest absolute Gasteiger partial charge is 0.0926 e. The molecule has 2 aromatic rings. The predicted molar refractivity (Wildman–Crippen MR) is 101 cm³/mol. The Morgan fingerprint density at radius 1 is 1.00 bits per heavy atom. The van der Waals surface area contributed by atoms with E-state index in [1.54, 1.807) is 0 Å². The average Bonchev–Trinajstić information content (AvgIpc) is 2.88. The van der Waals surface area contributed by atoms with Gasteiger partial charge < -0.3 is 0 Å². The van der Waals surface area contributed by atoms with Crippen molar-refractivity contribution in [1.29, 1.82) is 0 Å². The van der Waals surface area contributed by atoms with E-state index < -0.39 is 0 Å².